The predicted octanol–water partition coefficient (Wildman–Crippen LogP) is 1.22. The Morgan fingerprint density at radius 3 is 2.82 bits per heavy atom. The summed E-state index contributed by atoms with van der Waals surface area (Å²) in [5, 5.41) is 2.66. The lowest BCUT2D eigenvalue weighted by Gasteiger charge is -2.17. The second-order valence-corrected chi connectivity index (χ2v) is 3.93. The molecular weight excluding hydrogens is 216 g/mol. The molecule has 1 amide bonds. The van der Waals surface area contributed by atoms with E-state index in [0.29, 0.717) is 5.69 Å². The fraction of sp³-hybridized carbons (Fsp3) is 0.500. The second kappa shape index (κ2) is 6.85. The molecule has 17 heavy (non-hydrogen) atoms. The summed E-state index contributed by atoms with van der Waals surface area (Å²) in [6.45, 7) is 3.13. The number of hydrogen-bond acceptors (Lipinski definition) is 4. The van der Waals surface area contributed by atoms with Gasteiger partial charge >= 0.3 is 0 Å². The van der Waals surface area contributed by atoms with Gasteiger partial charge in [0.05, 0.1) is 18.4 Å². The monoisotopic (exact) mass is 236 g/mol. The van der Waals surface area contributed by atoms with Crippen LogP contribution in [0, 0.1) is 0 Å². The molecule has 0 fully saturated rings. The Bertz CT molecular complexity index is 350. The average molecular weight is 236 g/mol. The lowest BCUT2D eigenvalue weighted by atomic mass is 10.3. The van der Waals surface area contributed by atoms with Gasteiger partial charge in [-0.25, -0.2) is 4.98 Å². The first-order valence-electron chi connectivity index (χ1n) is 5.84. The van der Waals surface area contributed by atoms with Crippen LogP contribution in [0.15, 0.2) is 18.3 Å². The van der Waals surface area contributed by atoms with Gasteiger partial charge in [-0.3, -0.25) is 4.79 Å². The van der Waals surface area contributed by atoms with Gasteiger partial charge < -0.3 is 16.0 Å². The second-order valence-electron chi connectivity index (χ2n) is 3.93. The van der Waals surface area contributed by atoms with Crippen molar-refractivity contribution in [2.24, 2.45) is 5.73 Å². The van der Waals surface area contributed by atoms with Crippen molar-refractivity contribution in [3.05, 3.63) is 18.3 Å². The van der Waals surface area contributed by atoms with Crippen molar-refractivity contribution in [1.29, 1.82) is 0 Å². The minimum absolute atomic E-state index is 0.0157. The number of aromatic nitrogens is 1. The average Bonchev–Trinajstić information content (AvgIpc) is 2.36. The number of pyridine rings is 1. The Balaban J connectivity index is 2.57. The van der Waals surface area contributed by atoms with Crippen LogP contribution in [0.1, 0.15) is 19.8 Å². The molecule has 0 aliphatic heterocycles. The summed E-state index contributed by atoms with van der Waals surface area (Å²) in [6, 6.07) is 3.72. The molecule has 0 saturated carbocycles. The number of carbonyl (C=O) groups is 1. The standard InChI is InChI=1S/C12H20N4O/c1-3-4-7-16(2)11-6-5-10(9-14-11)15-12(17)8-13/h5-6,9H,3-4,7-8,13H2,1-2H3,(H,15,17). The number of carbonyl (C=O) groups excluding carboxylic acids is 1. The Hall–Kier alpha value is -1.62. The van der Waals surface area contributed by atoms with E-state index in [1.54, 1.807) is 6.20 Å². The quantitative estimate of drug-likeness (QED) is 0.779. The van der Waals surface area contributed by atoms with Crippen LogP contribution in [0.3, 0.4) is 0 Å². The van der Waals surface area contributed by atoms with E-state index < -0.39 is 0 Å². The van der Waals surface area contributed by atoms with Gasteiger partial charge in [0.2, 0.25) is 5.91 Å². The third-order valence-electron chi connectivity index (χ3n) is 2.46. The molecule has 1 aromatic heterocycles. The van der Waals surface area contributed by atoms with Crippen LogP contribution >= 0.6 is 0 Å². The van der Waals surface area contributed by atoms with Crippen molar-refractivity contribution in [2.45, 2.75) is 19.8 Å². The molecular formula is C12H20N4O. The Morgan fingerprint density at radius 2 is 2.29 bits per heavy atom. The van der Waals surface area contributed by atoms with E-state index in [2.05, 4.69) is 22.1 Å². The van der Waals surface area contributed by atoms with Crippen molar-refractivity contribution in [2.75, 3.05) is 30.4 Å². The van der Waals surface area contributed by atoms with Crippen LogP contribution in [0.5, 0.6) is 0 Å². The first-order chi connectivity index (χ1) is 8.17. The van der Waals surface area contributed by atoms with E-state index in [4.69, 9.17) is 5.73 Å². The summed E-state index contributed by atoms with van der Waals surface area (Å²) in [4.78, 5) is 17.5. The minimum Gasteiger partial charge on any atom is -0.360 e. The normalized spacial score (nSPS) is 10.1. The molecule has 0 aliphatic carbocycles. The minimum atomic E-state index is -0.209. The number of nitrogens with zero attached hydrogens (tertiary/aromatic N) is 2. The highest BCUT2D eigenvalue weighted by molar-refractivity contribution is 5.91. The van der Waals surface area contributed by atoms with Crippen molar-refractivity contribution >= 4 is 17.4 Å². The zero-order valence-electron chi connectivity index (χ0n) is 10.4. The van der Waals surface area contributed by atoms with Crippen molar-refractivity contribution in [3.63, 3.8) is 0 Å². The van der Waals surface area contributed by atoms with Crippen LogP contribution in [-0.4, -0.2) is 31.0 Å². The topological polar surface area (TPSA) is 71.2 Å². The summed E-state index contributed by atoms with van der Waals surface area (Å²) in [6.07, 6.45) is 3.95. The maximum atomic E-state index is 11.1. The van der Waals surface area contributed by atoms with Gasteiger partial charge in [-0.05, 0) is 18.6 Å². The van der Waals surface area contributed by atoms with Crippen molar-refractivity contribution in [1.82, 2.24) is 4.98 Å². The van der Waals surface area contributed by atoms with Gasteiger partial charge in [0.15, 0.2) is 0 Å². The molecule has 0 aliphatic rings. The van der Waals surface area contributed by atoms with E-state index in [-0.39, 0.29) is 12.5 Å². The Kier molecular flexibility index (Phi) is 5.42. The summed E-state index contributed by atoms with van der Waals surface area (Å²) < 4.78 is 0. The largest absolute Gasteiger partial charge is 0.360 e. The number of hydrogen-bond donors (Lipinski definition) is 2. The number of anilines is 2. The van der Waals surface area contributed by atoms with Crippen LogP contribution in [0.25, 0.3) is 0 Å². The van der Waals surface area contributed by atoms with Gasteiger partial charge in [0, 0.05) is 13.6 Å². The van der Waals surface area contributed by atoms with Crippen LogP contribution in [-0.2, 0) is 4.79 Å². The smallest absolute Gasteiger partial charge is 0.238 e. The maximum absolute atomic E-state index is 11.1. The van der Waals surface area contributed by atoms with Crippen LogP contribution < -0.4 is 16.0 Å². The molecule has 5 heteroatoms. The zero-order valence-corrected chi connectivity index (χ0v) is 10.4. The van der Waals surface area contributed by atoms with Crippen LogP contribution in [0.2, 0.25) is 0 Å². The van der Waals surface area contributed by atoms with Gasteiger partial charge in [-0.2, -0.15) is 0 Å². The Morgan fingerprint density at radius 1 is 1.53 bits per heavy atom. The number of unbranched alkanes of at least 4 members (excludes halogenated alkanes) is 1. The van der Waals surface area contributed by atoms with Gasteiger partial charge in [0.1, 0.15) is 5.82 Å². The van der Waals surface area contributed by atoms with E-state index in [1.165, 1.54) is 0 Å². The van der Waals surface area contributed by atoms with Crippen molar-refractivity contribution in [3.8, 4) is 0 Å². The predicted molar refractivity (Wildman–Crippen MR) is 70.1 cm³/mol. The summed E-state index contributed by atoms with van der Waals surface area (Å²) in [5.41, 5.74) is 5.89. The number of amides is 1. The molecule has 0 saturated heterocycles. The third kappa shape index (κ3) is 4.40. The van der Waals surface area contributed by atoms with Crippen molar-refractivity contribution < 1.29 is 4.79 Å². The molecule has 0 aromatic carbocycles. The number of nitrogens with one attached hydrogen (secondary N) is 1. The first-order valence-corrected chi connectivity index (χ1v) is 5.84. The van der Waals surface area contributed by atoms with E-state index in [9.17, 15) is 4.79 Å². The fourth-order valence-corrected chi connectivity index (χ4v) is 1.41. The molecule has 1 rings (SSSR count). The molecule has 0 radical (unpaired) electrons. The molecule has 0 unspecified atom stereocenters. The lowest BCUT2D eigenvalue weighted by Crippen LogP contribution is -2.22. The highest BCUT2D eigenvalue weighted by Crippen LogP contribution is 2.13. The molecule has 1 aromatic rings. The number of rotatable bonds is 6. The molecule has 0 spiro atoms. The number of nitrogens with two attached hydrogens (primary N) is 1. The Labute approximate surface area is 102 Å². The van der Waals surface area contributed by atoms with Gasteiger partial charge in [-0.15, -0.1) is 0 Å². The molecule has 0 bridgehead atoms. The highest BCUT2D eigenvalue weighted by Gasteiger charge is 2.03. The molecule has 94 valence electrons. The van der Waals surface area contributed by atoms with E-state index >= 15 is 0 Å². The van der Waals surface area contributed by atoms with Gasteiger partial charge in [-0.1, -0.05) is 13.3 Å². The lowest BCUT2D eigenvalue weighted by molar-refractivity contribution is -0.114. The molecule has 3 N–H and O–H groups in total. The summed E-state index contributed by atoms with van der Waals surface area (Å²) in [5.74, 6) is 0.697. The molecule has 1 heterocycles. The summed E-state index contributed by atoms with van der Waals surface area (Å²) in [7, 11) is 2.01. The maximum Gasteiger partial charge on any atom is 0.238 e. The molecule has 5 nitrogen and oxygen atoms in total. The first kappa shape index (κ1) is 13.4. The van der Waals surface area contributed by atoms with E-state index in [0.717, 1.165) is 25.2 Å². The fourth-order valence-electron chi connectivity index (χ4n) is 1.41. The SMILES string of the molecule is CCCCN(C)c1ccc(NC(=O)CN)cn1. The molecule has 0 atom stereocenters. The third-order valence-corrected chi connectivity index (χ3v) is 2.46. The zero-order chi connectivity index (χ0) is 12.7. The van der Waals surface area contributed by atoms with E-state index in [1.807, 2.05) is 19.2 Å². The summed E-state index contributed by atoms with van der Waals surface area (Å²) >= 11 is 0. The van der Waals surface area contributed by atoms with Crippen LogP contribution in [0.4, 0.5) is 11.5 Å². The highest BCUT2D eigenvalue weighted by atomic mass is 16.1. The van der Waals surface area contributed by atoms with Gasteiger partial charge in [0.25, 0.3) is 0 Å².